The topological polar surface area (TPSA) is 69.4 Å². The molecule has 3 rings (SSSR count). The number of aromatic nitrogens is 1. The number of carbonyl (C=O) groups is 1. The summed E-state index contributed by atoms with van der Waals surface area (Å²) in [5.74, 6) is -0.360. The molecule has 6 heteroatoms. The number of carbonyl (C=O) groups excluding carboxylic acids is 1. The predicted molar refractivity (Wildman–Crippen MR) is 85.8 cm³/mol. The Bertz CT molecular complexity index is 932. The lowest BCUT2D eigenvalue weighted by Crippen LogP contribution is -2.10. The van der Waals surface area contributed by atoms with Crippen LogP contribution in [-0.4, -0.2) is 17.6 Å². The summed E-state index contributed by atoms with van der Waals surface area (Å²) in [6, 6.07) is 8.48. The average molecular weight is 362 g/mol. The highest BCUT2D eigenvalue weighted by molar-refractivity contribution is 9.10. The lowest BCUT2D eigenvalue weighted by Gasteiger charge is -2.04. The van der Waals surface area contributed by atoms with E-state index in [1.165, 1.54) is 0 Å². The van der Waals surface area contributed by atoms with Crippen molar-refractivity contribution >= 4 is 44.0 Å². The number of hydrogen-bond acceptors (Lipinski definition) is 5. The maximum absolute atomic E-state index is 12.5. The fraction of sp³-hybridized carbons (Fsp3) is 0.188. The molecule has 2 heterocycles. The zero-order chi connectivity index (χ0) is 15.7. The fourth-order valence-corrected chi connectivity index (χ4v) is 2.57. The molecule has 0 saturated heterocycles. The van der Waals surface area contributed by atoms with Crippen LogP contribution in [0.4, 0.5) is 0 Å². The third kappa shape index (κ3) is 2.74. The minimum atomic E-state index is -0.360. The van der Waals surface area contributed by atoms with E-state index in [0.29, 0.717) is 28.7 Å². The smallest absolute Gasteiger partial charge is 0.311 e. The van der Waals surface area contributed by atoms with E-state index in [9.17, 15) is 9.59 Å². The highest BCUT2D eigenvalue weighted by atomic mass is 79.9. The Balaban J connectivity index is 2.13. The van der Waals surface area contributed by atoms with E-state index in [2.05, 4.69) is 20.9 Å². The molecule has 0 aliphatic carbocycles. The Kier molecular flexibility index (Phi) is 3.94. The van der Waals surface area contributed by atoms with Crippen molar-refractivity contribution in [1.29, 1.82) is 0 Å². The van der Waals surface area contributed by atoms with Gasteiger partial charge in [0.1, 0.15) is 5.58 Å². The molecular formula is C16H12BrNO4. The van der Waals surface area contributed by atoms with Crippen molar-refractivity contribution < 1.29 is 13.9 Å². The van der Waals surface area contributed by atoms with Gasteiger partial charge in [-0.15, -0.1) is 0 Å². The van der Waals surface area contributed by atoms with Crippen molar-refractivity contribution in [3.05, 3.63) is 50.7 Å². The second-order valence-corrected chi connectivity index (χ2v) is 5.62. The van der Waals surface area contributed by atoms with Gasteiger partial charge in [0.15, 0.2) is 0 Å². The molecule has 0 N–H and O–H groups in total. The Morgan fingerprint density at radius 2 is 2.09 bits per heavy atom. The van der Waals surface area contributed by atoms with Crippen molar-refractivity contribution in [1.82, 2.24) is 4.98 Å². The van der Waals surface area contributed by atoms with E-state index >= 15 is 0 Å². The monoisotopic (exact) mass is 361 g/mol. The van der Waals surface area contributed by atoms with Gasteiger partial charge in [0, 0.05) is 4.47 Å². The van der Waals surface area contributed by atoms with E-state index in [-0.39, 0.29) is 23.5 Å². The second kappa shape index (κ2) is 5.88. The molecular weight excluding hydrogens is 350 g/mol. The molecule has 0 amide bonds. The average Bonchev–Trinajstić information content (AvgIpc) is 2.48. The number of esters is 1. The summed E-state index contributed by atoms with van der Waals surface area (Å²) in [6.07, 6.45) is 0.0475. The van der Waals surface area contributed by atoms with Crippen LogP contribution in [0.1, 0.15) is 12.6 Å². The first-order valence-corrected chi connectivity index (χ1v) is 7.55. The zero-order valence-electron chi connectivity index (χ0n) is 11.8. The molecule has 0 radical (unpaired) electrons. The van der Waals surface area contributed by atoms with Gasteiger partial charge in [0.2, 0.25) is 11.1 Å². The van der Waals surface area contributed by atoms with Gasteiger partial charge in [0.05, 0.1) is 29.5 Å². The predicted octanol–water partition coefficient (Wildman–Crippen LogP) is 3.21. The van der Waals surface area contributed by atoms with Crippen LogP contribution in [0.3, 0.4) is 0 Å². The standard InChI is InChI=1S/C16H12BrNO4/c1-2-21-14(19)8-10-4-5-11-15(20)12-7-9(17)3-6-13(12)22-16(11)18-10/h3-7H,2,8H2,1H3. The SMILES string of the molecule is CCOC(=O)Cc1ccc2c(=O)c3cc(Br)ccc3oc2n1. The quantitative estimate of drug-likeness (QED) is 0.529. The Morgan fingerprint density at radius 1 is 1.27 bits per heavy atom. The van der Waals surface area contributed by atoms with E-state index in [4.69, 9.17) is 9.15 Å². The summed E-state index contributed by atoms with van der Waals surface area (Å²) in [5.41, 5.74) is 1.04. The third-order valence-electron chi connectivity index (χ3n) is 3.19. The van der Waals surface area contributed by atoms with Crippen molar-refractivity contribution in [2.24, 2.45) is 0 Å². The van der Waals surface area contributed by atoms with Gasteiger partial charge in [-0.1, -0.05) is 15.9 Å². The Morgan fingerprint density at radius 3 is 2.86 bits per heavy atom. The molecule has 0 aliphatic heterocycles. The molecule has 0 unspecified atom stereocenters. The zero-order valence-corrected chi connectivity index (χ0v) is 13.3. The second-order valence-electron chi connectivity index (χ2n) is 4.71. The van der Waals surface area contributed by atoms with Crippen molar-refractivity contribution in [3.63, 3.8) is 0 Å². The van der Waals surface area contributed by atoms with Gasteiger partial charge in [-0.2, -0.15) is 0 Å². The minimum Gasteiger partial charge on any atom is -0.466 e. The highest BCUT2D eigenvalue weighted by Crippen LogP contribution is 2.21. The Hall–Kier alpha value is -2.21. The van der Waals surface area contributed by atoms with Gasteiger partial charge in [0.25, 0.3) is 0 Å². The summed E-state index contributed by atoms with van der Waals surface area (Å²) in [5, 5.41) is 0.875. The molecule has 0 atom stereocenters. The number of nitrogens with zero attached hydrogens (tertiary/aromatic N) is 1. The molecule has 0 fully saturated rings. The minimum absolute atomic E-state index is 0.0475. The molecule has 112 valence electrons. The van der Waals surface area contributed by atoms with Crippen LogP contribution in [0.25, 0.3) is 22.1 Å². The van der Waals surface area contributed by atoms with Gasteiger partial charge in [-0.25, -0.2) is 4.98 Å². The highest BCUT2D eigenvalue weighted by Gasteiger charge is 2.12. The van der Waals surface area contributed by atoms with E-state index in [0.717, 1.165) is 4.47 Å². The Labute approximate surface area is 134 Å². The summed E-state index contributed by atoms with van der Waals surface area (Å²) in [6.45, 7) is 2.07. The van der Waals surface area contributed by atoms with Crippen molar-refractivity contribution in [3.8, 4) is 0 Å². The van der Waals surface area contributed by atoms with Gasteiger partial charge in [-0.3, -0.25) is 9.59 Å². The summed E-state index contributed by atoms with van der Waals surface area (Å²) < 4.78 is 11.4. The summed E-state index contributed by atoms with van der Waals surface area (Å²) in [7, 11) is 0. The molecule has 0 saturated carbocycles. The first-order chi connectivity index (χ1) is 10.6. The van der Waals surface area contributed by atoms with Gasteiger partial charge in [-0.05, 0) is 37.3 Å². The largest absolute Gasteiger partial charge is 0.466 e. The van der Waals surface area contributed by atoms with Crippen LogP contribution in [0.5, 0.6) is 0 Å². The fourth-order valence-electron chi connectivity index (χ4n) is 2.21. The van der Waals surface area contributed by atoms with Crippen molar-refractivity contribution in [2.75, 3.05) is 6.61 Å². The van der Waals surface area contributed by atoms with Crippen molar-refractivity contribution in [2.45, 2.75) is 13.3 Å². The lowest BCUT2D eigenvalue weighted by atomic mass is 10.1. The van der Waals surface area contributed by atoms with Crippen LogP contribution in [0.15, 0.2) is 44.0 Å². The van der Waals surface area contributed by atoms with Crippen LogP contribution >= 0.6 is 15.9 Å². The number of rotatable bonds is 3. The molecule has 1 aromatic carbocycles. The molecule has 2 aromatic heterocycles. The molecule has 0 spiro atoms. The molecule has 3 aromatic rings. The summed E-state index contributed by atoms with van der Waals surface area (Å²) in [4.78, 5) is 28.2. The van der Waals surface area contributed by atoms with E-state index < -0.39 is 0 Å². The van der Waals surface area contributed by atoms with Gasteiger partial charge >= 0.3 is 5.97 Å². The normalized spacial score (nSPS) is 11.0. The number of halogens is 1. The maximum atomic E-state index is 12.5. The van der Waals surface area contributed by atoms with Crippen LogP contribution in [0, 0.1) is 0 Å². The number of pyridine rings is 1. The number of benzene rings is 1. The van der Waals surface area contributed by atoms with E-state index in [1.54, 1.807) is 37.3 Å². The molecule has 5 nitrogen and oxygen atoms in total. The van der Waals surface area contributed by atoms with Crippen LogP contribution in [-0.2, 0) is 16.0 Å². The third-order valence-corrected chi connectivity index (χ3v) is 3.68. The number of hydrogen-bond donors (Lipinski definition) is 0. The lowest BCUT2D eigenvalue weighted by molar-refractivity contribution is -0.142. The van der Waals surface area contributed by atoms with Crippen LogP contribution < -0.4 is 5.43 Å². The van der Waals surface area contributed by atoms with Crippen LogP contribution in [0.2, 0.25) is 0 Å². The van der Waals surface area contributed by atoms with E-state index in [1.807, 2.05) is 0 Å². The summed E-state index contributed by atoms with van der Waals surface area (Å²) >= 11 is 3.34. The number of fused-ring (bicyclic) bond motifs is 2. The number of ether oxygens (including phenoxy) is 1. The molecule has 0 bridgehead atoms. The van der Waals surface area contributed by atoms with Gasteiger partial charge < -0.3 is 9.15 Å². The first-order valence-electron chi connectivity index (χ1n) is 6.76. The molecule has 22 heavy (non-hydrogen) atoms. The maximum Gasteiger partial charge on any atom is 0.311 e. The first kappa shape index (κ1) is 14.7. The molecule has 0 aliphatic rings.